The Bertz CT molecular complexity index is 1340. The van der Waals surface area contributed by atoms with Crippen LogP contribution in [0, 0.1) is 6.92 Å². The van der Waals surface area contributed by atoms with E-state index in [0.29, 0.717) is 5.56 Å². The molecule has 5 aromatic rings. The number of carbonyl (C=O) groups excluding carboxylic acids is 1. The molecule has 2 aromatic heterocycles. The molecule has 0 saturated heterocycles. The number of nitrogens with zero attached hydrogens (tertiary/aromatic N) is 2. The Morgan fingerprint density at radius 1 is 0.897 bits per heavy atom. The maximum atomic E-state index is 12.8. The van der Waals surface area contributed by atoms with Gasteiger partial charge in [-0.05, 0) is 47.5 Å². The number of fused-ring (bicyclic) bond motifs is 2. The van der Waals surface area contributed by atoms with Crippen molar-refractivity contribution in [2.24, 2.45) is 0 Å². The molecule has 0 aliphatic rings. The molecule has 0 aliphatic carbocycles. The van der Waals surface area contributed by atoms with Crippen LogP contribution >= 0.6 is 0 Å². The molecule has 0 spiro atoms. The third-order valence-electron chi connectivity index (χ3n) is 5.15. The van der Waals surface area contributed by atoms with Gasteiger partial charge in [0.05, 0.1) is 5.69 Å². The lowest BCUT2D eigenvalue weighted by atomic mass is 10.0. The van der Waals surface area contributed by atoms with E-state index in [1.54, 1.807) is 0 Å². The minimum absolute atomic E-state index is 0.113. The number of pyridine rings is 1. The van der Waals surface area contributed by atoms with Gasteiger partial charge in [-0.3, -0.25) is 4.79 Å². The van der Waals surface area contributed by atoms with Gasteiger partial charge in [0.2, 0.25) is 0 Å². The first-order valence-electron chi connectivity index (χ1n) is 9.53. The van der Waals surface area contributed by atoms with Crippen molar-refractivity contribution in [2.75, 3.05) is 5.32 Å². The van der Waals surface area contributed by atoms with Crippen molar-refractivity contribution >= 4 is 28.0 Å². The summed E-state index contributed by atoms with van der Waals surface area (Å²) in [5.74, 6) is -0.113. The minimum Gasteiger partial charge on any atom is -0.322 e. The monoisotopic (exact) mass is 377 g/mol. The predicted octanol–water partition coefficient (Wildman–Crippen LogP) is 5.72. The zero-order valence-electron chi connectivity index (χ0n) is 16.0. The quantitative estimate of drug-likeness (QED) is 0.437. The molecular weight excluding hydrogens is 358 g/mol. The first-order chi connectivity index (χ1) is 14.2. The molecular formula is C25H19N3O. The van der Waals surface area contributed by atoms with Crippen LogP contribution in [0.2, 0.25) is 0 Å². The maximum Gasteiger partial charge on any atom is 0.256 e. The van der Waals surface area contributed by atoms with E-state index >= 15 is 0 Å². The van der Waals surface area contributed by atoms with Gasteiger partial charge >= 0.3 is 0 Å². The standard InChI is InChI=1S/C25H19N3O/c1-17-6-5-15-28-16-23(27-24(17)28)19-11-13-20(14-12-19)26-25(29)22-10-4-8-18-7-2-3-9-21(18)22/h2-16H,1H3,(H,26,29). The summed E-state index contributed by atoms with van der Waals surface area (Å²) in [7, 11) is 0. The van der Waals surface area contributed by atoms with Crippen LogP contribution < -0.4 is 5.32 Å². The number of nitrogens with one attached hydrogen (secondary N) is 1. The van der Waals surface area contributed by atoms with Gasteiger partial charge in [-0.25, -0.2) is 4.98 Å². The smallest absolute Gasteiger partial charge is 0.256 e. The summed E-state index contributed by atoms with van der Waals surface area (Å²) in [6.07, 6.45) is 4.02. The summed E-state index contributed by atoms with van der Waals surface area (Å²) in [6.45, 7) is 2.05. The van der Waals surface area contributed by atoms with Gasteiger partial charge < -0.3 is 9.72 Å². The SMILES string of the molecule is Cc1cccn2cc(-c3ccc(NC(=O)c4cccc5ccccc45)cc3)nc12. The average Bonchev–Trinajstić information content (AvgIpc) is 3.19. The van der Waals surface area contributed by atoms with Crippen molar-refractivity contribution in [1.29, 1.82) is 0 Å². The molecule has 0 aliphatic heterocycles. The molecule has 1 amide bonds. The van der Waals surface area contributed by atoms with Crippen LogP contribution in [0.5, 0.6) is 0 Å². The van der Waals surface area contributed by atoms with E-state index in [1.807, 2.05) is 89.6 Å². The molecule has 0 fully saturated rings. The average molecular weight is 377 g/mol. The summed E-state index contributed by atoms with van der Waals surface area (Å²) >= 11 is 0. The molecule has 1 N–H and O–H groups in total. The van der Waals surface area contributed by atoms with Crippen molar-refractivity contribution < 1.29 is 4.79 Å². The Balaban J connectivity index is 1.41. The fraction of sp³-hybridized carbons (Fsp3) is 0.0400. The molecule has 0 saturated carbocycles. The topological polar surface area (TPSA) is 46.4 Å². The van der Waals surface area contributed by atoms with E-state index in [0.717, 1.165) is 38.9 Å². The lowest BCUT2D eigenvalue weighted by Gasteiger charge is -2.08. The van der Waals surface area contributed by atoms with Crippen LogP contribution in [0.25, 0.3) is 27.7 Å². The largest absolute Gasteiger partial charge is 0.322 e. The lowest BCUT2D eigenvalue weighted by Crippen LogP contribution is -2.12. The molecule has 29 heavy (non-hydrogen) atoms. The van der Waals surface area contributed by atoms with E-state index in [4.69, 9.17) is 4.98 Å². The van der Waals surface area contributed by atoms with Gasteiger partial charge in [-0.15, -0.1) is 0 Å². The molecule has 2 heterocycles. The van der Waals surface area contributed by atoms with E-state index in [-0.39, 0.29) is 5.91 Å². The highest BCUT2D eigenvalue weighted by Gasteiger charge is 2.11. The number of hydrogen-bond acceptors (Lipinski definition) is 2. The molecule has 4 nitrogen and oxygen atoms in total. The number of aromatic nitrogens is 2. The van der Waals surface area contributed by atoms with E-state index in [2.05, 4.69) is 18.3 Å². The highest BCUT2D eigenvalue weighted by molar-refractivity contribution is 6.12. The number of imidazole rings is 1. The van der Waals surface area contributed by atoms with E-state index in [1.165, 1.54) is 0 Å². The van der Waals surface area contributed by atoms with Gasteiger partial charge in [0, 0.05) is 29.2 Å². The minimum atomic E-state index is -0.113. The Kier molecular flexibility index (Phi) is 4.10. The molecule has 5 rings (SSSR count). The summed E-state index contributed by atoms with van der Waals surface area (Å²) < 4.78 is 2.03. The highest BCUT2D eigenvalue weighted by atomic mass is 16.1. The number of carbonyl (C=O) groups is 1. The zero-order chi connectivity index (χ0) is 19.8. The third-order valence-corrected chi connectivity index (χ3v) is 5.15. The number of hydrogen-bond donors (Lipinski definition) is 1. The Morgan fingerprint density at radius 3 is 2.52 bits per heavy atom. The third kappa shape index (κ3) is 3.15. The highest BCUT2D eigenvalue weighted by Crippen LogP contribution is 2.24. The first-order valence-corrected chi connectivity index (χ1v) is 9.53. The van der Waals surface area contributed by atoms with Crippen molar-refractivity contribution in [3.63, 3.8) is 0 Å². The number of anilines is 1. The number of benzene rings is 3. The molecule has 0 radical (unpaired) electrons. The van der Waals surface area contributed by atoms with Crippen molar-refractivity contribution in [3.8, 4) is 11.3 Å². The van der Waals surface area contributed by atoms with Crippen LogP contribution in [-0.4, -0.2) is 15.3 Å². The van der Waals surface area contributed by atoms with E-state index in [9.17, 15) is 4.79 Å². The van der Waals surface area contributed by atoms with Crippen LogP contribution in [0.15, 0.2) is 91.3 Å². The van der Waals surface area contributed by atoms with Crippen LogP contribution in [0.1, 0.15) is 15.9 Å². The summed E-state index contributed by atoms with van der Waals surface area (Å²) in [6, 6.07) is 25.5. The Hall–Kier alpha value is -3.92. The lowest BCUT2D eigenvalue weighted by molar-refractivity contribution is 0.102. The normalized spacial score (nSPS) is 11.1. The predicted molar refractivity (Wildman–Crippen MR) is 117 cm³/mol. The first kappa shape index (κ1) is 17.2. The van der Waals surface area contributed by atoms with Gasteiger partial charge in [0.1, 0.15) is 5.65 Å². The summed E-state index contributed by atoms with van der Waals surface area (Å²) in [5, 5.41) is 5.00. The molecule has 0 atom stereocenters. The fourth-order valence-corrected chi connectivity index (χ4v) is 3.64. The van der Waals surface area contributed by atoms with Crippen molar-refractivity contribution in [2.45, 2.75) is 6.92 Å². The summed E-state index contributed by atoms with van der Waals surface area (Å²) in [5.41, 5.74) is 5.44. The second-order valence-electron chi connectivity index (χ2n) is 7.11. The zero-order valence-corrected chi connectivity index (χ0v) is 16.0. The maximum absolute atomic E-state index is 12.8. The van der Waals surface area contributed by atoms with Crippen LogP contribution in [0.3, 0.4) is 0 Å². The van der Waals surface area contributed by atoms with Crippen LogP contribution in [-0.2, 0) is 0 Å². The molecule has 4 heteroatoms. The number of amides is 1. The Labute approximate surface area is 168 Å². The summed E-state index contributed by atoms with van der Waals surface area (Å²) in [4.78, 5) is 17.5. The van der Waals surface area contributed by atoms with Gasteiger partial charge in [0.15, 0.2) is 0 Å². The fourth-order valence-electron chi connectivity index (χ4n) is 3.64. The number of aryl methyl sites for hydroxylation is 1. The molecule has 0 unspecified atom stereocenters. The number of rotatable bonds is 3. The van der Waals surface area contributed by atoms with Gasteiger partial charge in [-0.1, -0.05) is 54.6 Å². The van der Waals surface area contributed by atoms with Crippen molar-refractivity contribution in [1.82, 2.24) is 9.38 Å². The molecule has 140 valence electrons. The van der Waals surface area contributed by atoms with Crippen molar-refractivity contribution in [3.05, 3.63) is 102 Å². The second-order valence-corrected chi connectivity index (χ2v) is 7.11. The molecule has 3 aromatic carbocycles. The Morgan fingerprint density at radius 2 is 1.69 bits per heavy atom. The van der Waals surface area contributed by atoms with Crippen LogP contribution in [0.4, 0.5) is 5.69 Å². The second kappa shape index (κ2) is 6.91. The van der Waals surface area contributed by atoms with Gasteiger partial charge in [0.25, 0.3) is 5.91 Å². The van der Waals surface area contributed by atoms with Gasteiger partial charge in [-0.2, -0.15) is 0 Å². The van der Waals surface area contributed by atoms with E-state index < -0.39 is 0 Å². The molecule has 0 bridgehead atoms.